The predicted octanol–water partition coefficient (Wildman–Crippen LogP) is 2.27. The minimum atomic E-state index is -0.963. The van der Waals surface area contributed by atoms with Gasteiger partial charge in [-0.15, -0.1) is 0 Å². The van der Waals surface area contributed by atoms with Crippen LogP contribution in [0.25, 0.3) is 0 Å². The fourth-order valence-electron chi connectivity index (χ4n) is 1.30. The molecule has 0 saturated carbocycles. The number of hydrogen-bond acceptors (Lipinski definition) is 3. The number of benzene rings is 1. The Kier molecular flexibility index (Phi) is 3.25. The summed E-state index contributed by atoms with van der Waals surface area (Å²) in [5.41, 5.74) is -1.06. The first-order chi connectivity index (χ1) is 6.81. The van der Waals surface area contributed by atoms with Crippen LogP contribution in [0.1, 0.15) is 19.4 Å². The first-order valence-corrected chi connectivity index (χ1v) is 5.12. The molecular weight excluding hydrogens is 267 g/mol. The first kappa shape index (κ1) is 12.3. The van der Waals surface area contributed by atoms with Crippen LogP contribution < -0.4 is 0 Å². The van der Waals surface area contributed by atoms with Crippen LogP contribution in [0.3, 0.4) is 0 Å². The molecule has 15 heavy (non-hydrogen) atoms. The van der Waals surface area contributed by atoms with E-state index in [0.29, 0.717) is 0 Å². The van der Waals surface area contributed by atoms with Crippen LogP contribution >= 0.6 is 15.9 Å². The molecule has 0 radical (unpaired) electrons. The number of phenols is 2. The van der Waals surface area contributed by atoms with E-state index in [1.165, 1.54) is 0 Å². The summed E-state index contributed by atoms with van der Waals surface area (Å²) in [6, 6.07) is 1.07. The molecule has 1 aromatic carbocycles. The molecular formula is C10H12BrFO3. The van der Waals surface area contributed by atoms with Crippen LogP contribution in [0, 0.1) is 5.82 Å². The lowest BCUT2D eigenvalue weighted by molar-refractivity contribution is 0.210. The van der Waals surface area contributed by atoms with Crippen molar-refractivity contribution in [3.05, 3.63) is 21.9 Å². The van der Waals surface area contributed by atoms with E-state index >= 15 is 0 Å². The van der Waals surface area contributed by atoms with E-state index in [4.69, 9.17) is 5.11 Å². The van der Waals surface area contributed by atoms with Crippen LogP contribution in [-0.4, -0.2) is 21.9 Å². The normalized spacial score (nSPS) is 11.8. The number of aliphatic hydroxyl groups is 1. The summed E-state index contributed by atoms with van der Waals surface area (Å²) in [5.74, 6) is -1.63. The van der Waals surface area contributed by atoms with E-state index in [2.05, 4.69) is 15.9 Å². The van der Waals surface area contributed by atoms with Crippen molar-refractivity contribution in [3.63, 3.8) is 0 Å². The molecule has 0 bridgehead atoms. The van der Waals surface area contributed by atoms with Gasteiger partial charge in [-0.2, -0.15) is 0 Å². The zero-order valence-corrected chi connectivity index (χ0v) is 9.97. The topological polar surface area (TPSA) is 60.7 Å². The monoisotopic (exact) mass is 278 g/mol. The SMILES string of the molecule is CC(C)(CO)c1c(O)c(O)cc(Br)c1F. The third-order valence-corrected chi connectivity index (χ3v) is 2.82. The number of phenolic OH excluding ortho intramolecular Hbond substituents is 2. The van der Waals surface area contributed by atoms with E-state index in [9.17, 15) is 14.6 Å². The van der Waals surface area contributed by atoms with E-state index in [0.717, 1.165) is 6.07 Å². The average molecular weight is 279 g/mol. The molecule has 3 N–H and O–H groups in total. The Bertz CT molecular complexity index is 364. The lowest BCUT2D eigenvalue weighted by atomic mass is 9.84. The molecule has 1 rings (SSSR count). The number of hydrogen-bond donors (Lipinski definition) is 3. The van der Waals surface area contributed by atoms with Gasteiger partial charge in [0.15, 0.2) is 11.5 Å². The molecule has 0 unspecified atom stereocenters. The smallest absolute Gasteiger partial charge is 0.164 e. The molecule has 5 heteroatoms. The third-order valence-electron chi connectivity index (χ3n) is 2.24. The van der Waals surface area contributed by atoms with Crippen molar-refractivity contribution < 1.29 is 19.7 Å². The molecule has 0 atom stereocenters. The van der Waals surface area contributed by atoms with Crippen molar-refractivity contribution in [1.29, 1.82) is 0 Å². The molecule has 0 aliphatic carbocycles. The van der Waals surface area contributed by atoms with Gasteiger partial charge in [-0.3, -0.25) is 0 Å². The summed E-state index contributed by atoms with van der Waals surface area (Å²) in [7, 11) is 0. The lowest BCUT2D eigenvalue weighted by Crippen LogP contribution is -2.24. The zero-order chi connectivity index (χ0) is 11.8. The Morgan fingerprint density at radius 3 is 2.40 bits per heavy atom. The maximum atomic E-state index is 13.7. The Balaban J connectivity index is 3.53. The minimum absolute atomic E-state index is 0.0503. The minimum Gasteiger partial charge on any atom is -0.504 e. The molecule has 0 aliphatic heterocycles. The van der Waals surface area contributed by atoms with Crippen LogP contribution in [-0.2, 0) is 5.41 Å². The van der Waals surface area contributed by atoms with Crippen molar-refractivity contribution >= 4 is 15.9 Å². The van der Waals surface area contributed by atoms with Crippen LogP contribution in [0.4, 0.5) is 4.39 Å². The first-order valence-electron chi connectivity index (χ1n) is 4.32. The van der Waals surface area contributed by atoms with Crippen LogP contribution in [0.5, 0.6) is 11.5 Å². The van der Waals surface area contributed by atoms with Crippen LogP contribution in [0.2, 0.25) is 0 Å². The van der Waals surface area contributed by atoms with Gasteiger partial charge in [-0.25, -0.2) is 4.39 Å². The molecule has 0 saturated heterocycles. The summed E-state index contributed by atoms with van der Waals surface area (Å²) in [6.45, 7) is 2.79. The highest BCUT2D eigenvalue weighted by Crippen LogP contribution is 2.41. The largest absolute Gasteiger partial charge is 0.504 e. The second kappa shape index (κ2) is 3.98. The van der Waals surface area contributed by atoms with Crippen molar-refractivity contribution in [2.75, 3.05) is 6.61 Å². The molecule has 0 heterocycles. The Labute approximate surface area is 95.3 Å². The predicted molar refractivity (Wildman–Crippen MR) is 57.5 cm³/mol. The average Bonchev–Trinajstić information content (AvgIpc) is 2.15. The number of aromatic hydroxyl groups is 2. The molecule has 1 aromatic rings. The summed E-state index contributed by atoms with van der Waals surface area (Å²) >= 11 is 2.92. The maximum Gasteiger partial charge on any atom is 0.164 e. The number of halogens is 2. The molecule has 0 aromatic heterocycles. The lowest BCUT2D eigenvalue weighted by Gasteiger charge is -2.24. The van der Waals surface area contributed by atoms with Gasteiger partial charge in [-0.05, 0) is 15.9 Å². The van der Waals surface area contributed by atoms with Gasteiger partial charge in [0.25, 0.3) is 0 Å². The van der Waals surface area contributed by atoms with Crippen molar-refractivity contribution in [1.82, 2.24) is 0 Å². The van der Waals surface area contributed by atoms with Gasteiger partial charge < -0.3 is 15.3 Å². The molecule has 0 amide bonds. The van der Waals surface area contributed by atoms with E-state index in [1.54, 1.807) is 13.8 Å². The molecule has 0 spiro atoms. The van der Waals surface area contributed by atoms with Crippen molar-refractivity contribution in [2.45, 2.75) is 19.3 Å². The van der Waals surface area contributed by atoms with E-state index in [1.807, 2.05) is 0 Å². The molecule has 0 aliphatic rings. The van der Waals surface area contributed by atoms with E-state index < -0.39 is 22.7 Å². The molecule has 3 nitrogen and oxygen atoms in total. The van der Waals surface area contributed by atoms with Gasteiger partial charge in [0.1, 0.15) is 5.82 Å². The summed E-state index contributed by atoms with van der Waals surface area (Å²) < 4.78 is 13.7. The third kappa shape index (κ3) is 2.08. The number of aliphatic hydroxyl groups excluding tert-OH is 1. The van der Waals surface area contributed by atoms with E-state index in [-0.39, 0.29) is 16.6 Å². The maximum absolute atomic E-state index is 13.7. The van der Waals surface area contributed by atoms with Crippen molar-refractivity contribution in [3.8, 4) is 11.5 Å². The zero-order valence-electron chi connectivity index (χ0n) is 8.38. The number of rotatable bonds is 2. The summed E-state index contributed by atoms with van der Waals surface area (Å²) in [6.07, 6.45) is 0. The highest BCUT2D eigenvalue weighted by atomic mass is 79.9. The van der Waals surface area contributed by atoms with Gasteiger partial charge in [0.2, 0.25) is 0 Å². The van der Waals surface area contributed by atoms with Gasteiger partial charge in [-0.1, -0.05) is 13.8 Å². The Hall–Kier alpha value is -0.810. The molecule has 0 fully saturated rings. The highest BCUT2D eigenvalue weighted by molar-refractivity contribution is 9.10. The summed E-state index contributed by atoms with van der Waals surface area (Å²) in [4.78, 5) is 0. The molecule has 84 valence electrons. The fourth-order valence-corrected chi connectivity index (χ4v) is 1.71. The van der Waals surface area contributed by atoms with Gasteiger partial charge in [0.05, 0.1) is 11.1 Å². The quantitative estimate of drug-likeness (QED) is 0.728. The fraction of sp³-hybridized carbons (Fsp3) is 0.400. The van der Waals surface area contributed by atoms with Crippen LogP contribution in [0.15, 0.2) is 10.5 Å². The van der Waals surface area contributed by atoms with Gasteiger partial charge >= 0.3 is 0 Å². The Morgan fingerprint density at radius 1 is 1.40 bits per heavy atom. The Morgan fingerprint density at radius 2 is 1.93 bits per heavy atom. The van der Waals surface area contributed by atoms with Gasteiger partial charge in [0, 0.05) is 17.0 Å². The second-order valence-corrected chi connectivity index (χ2v) is 4.81. The second-order valence-electron chi connectivity index (χ2n) is 3.96. The summed E-state index contributed by atoms with van der Waals surface area (Å²) in [5, 5.41) is 28.0. The standard InChI is InChI=1S/C10H12BrFO3/c1-10(2,4-13)7-8(12)5(11)3-6(14)9(7)15/h3,13-15H,4H2,1-2H3. The van der Waals surface area contributed by atoms with Crippen molar-refractivity contribution in [2.24, 2.45) is 0 Å². The highest BCUT2D eigenvalue weighted by Gasteiger charge is 2.30.